The molecule has 162 valence electrons. The Kier molecular flexibility index (Phi) is 5.68. The summed E-state index contributed by atoms with van der Waals surface area (Å²) in [7, 11) is 0. The number of hydrogen-bond donors (Lipinski definition) is 1. The highest BCUT2D eigenvalue weighted by atomic mass is 16.2. The fourth-order valence-electron chi connectivity index (χ4n) is 3.52. The van der Waals surface area contributed by atoms with Gasteiger partial charge in [-0.2, -0.15) is 10.2 Å². The molecule has 0 aliphatic rings. The van der Waals surface area contributed by atoms with Gasteiger partial charge in [0.25, 0.3) is 5.56 Å². The number of ketones is 1. The van der Waals surface area contributed by atoms with E-state index in [-0.39, 0.29) is 18.2 Å². The Morgan fingerprint density at radius 2 is 1.72 bits per heavy atom. The van der Waals surface area contributed by atoms with E-state index in [1.807, 2.05) is 44.2 Å². The molecule has 2 aromatic carbocycles. The normalized spacial score (nSPS) is 11.1. The third kappa shape index (κ3) is 4.07. The molecular formula is C24H23N5O3. The fraction of sp³-hybridized carbons (Fsp3) is 0.208. The van der Waals surface area contributed by atoms with Crippen LogP contribution in [0.4, 0.5) is 5.69 Å². The summed E-state index contributed by atoms with van der Waals surface area (Å²) in [4.78, 5) is 37.4. The second kappa shape index (κ2) is 8.58. The van der Waals surface area contributed by atoms with Crippen LogP contribution in [0, 0.1) is 0 Å². The van der Waals surface area contributed by atoms with Crippen LogP contribution in [0.15, 0.2) is 65.6 Å². The summed E-state index contributed by atoms with van der Waals surface area (Å²) in [5.74, 6) is -0.418. The van der Waals surface area contributed by atoms with Gasteiger partial charge in [0.1, 0.15) is 12.1 Å². The van der Waals surface area contributed by atoms with Crippen LogP contribution in [-0.4, -0.2) is 31.3 Å². The molecule has 0 aliphatic heterocycles. The van der Waals surface area contributed by atoms with Crippen LogP contribution in [0.3, 0.4) is 0 Å². The third-order valence-corrected chi connectivity index (χ3v) is 5.13. The molecule has 4 aromatic rings. The van der Waals surface area contributed by atoms with E-state index in [9.17, 15) is 14.4 Å². The van der Waals surface area contributed by atoms with Gasteiger partial charge < -0.3 is 5.32 Å². The SMILES string of the molecule is CC(=O)c1ccc(NC(=O)Cn2nc(C(C)C)c3cnn(-c4ccccc4)c3c2=O)cc1. The summed E-state index contributed by atoms with van der Waals surface area (Å²) in [6, 6.07) is 15.9. The molecule has 1 amide bonds. The smallest absolute Gasteiger partial charge is 0.293 e. The van der Waals surface area contributed by atoms with Gasteiger partial charge in [0.05, 0.1) is 17.6 Å². The number of aromatic nitrogens is 4. The zero-order valence-corrected chi connectivity index (χ0v) is 18.1. The summed E-state index contributed by atoms with van der Waals surface area (Å²) in [5, 5.41) is 12.3. The molecule has 0 fully saturated rings. The van der Waals surface area contributed by atoms with Crippen molar-refractivity contribution in [1.29, 1.82) is 0 Å². The third-order valence-electron chi connectivity index (χ3n) is 5.13. The molecule has 0 aliphatic carbocycles. The average Bonchev–Trinajstić information content (AvgIpc) is 3.22. The minimum absolute atomic E-state index is 0.0277. The lowest BCUT2D eigenvalue weighted by molar-refractivity contribution is -0.117. The lowest BCUT2D eigenvalue weighted by Crippen LogP contribution is -2.31. The van der Waals surface area contributed by atoms with Gasteiger partial charge in [0.15, 0.2) is 5.78 Å². The average molecular weight is 429 g/mol. The molecule has 0 bridgehead atoms. The molecule has 4 rings (SSSR count). The summed E-state index contributed by atoms with van der Waals surface area (Å²) in [5.41, 5.74) is 2.53. The zero-order chi connectivity index (χ0) is 22.8. The number of nitrogens with one attached hydrogen (secondary N) is 1. The molecule has 0 radical (unpaired) electrons. The van der Waals surface area contributed by atoms with Crippen LogP contribution in [0.25, 0.3) is 16.6 Å². The summed E-state index contributed by atoms with van der Waals surface area (Å²) in [6.45, 7) is 5.19. The largest absolute Gasteiger partial charge is 0.324 e. The van der Waals surface area contributed by atoms with Gasteiger partial charge in [-0.3, -0.25) is 14.4 Å². The topological polar surface area (TPSA) is 98.9 Å². The first-order valence-electron chi connectivity index (χ1n) is 10.3. The fourth-order valence-corrected chi connectivity index (χ4v) is 3.52. The lowest BCUT2D eigenvalue weighted by atomic mass is 10.1. The number of anilines is 1. The molecule has 2 aromatic heterocycles. The van der Waals surface area contributed by atoms with Crippen LogP contribution in [-0.2, 0) is 11.3 Å². The standard InChI is InChI=1S/C24H23N5O3/c1-15(2)22-20-13-25-29(19-7-5-4-6-8-19)23(20)24(32)28(27-22)14-21(31)26-18-11-9-17(10-12-18)16(3)30/h4-13,15H,14H2,1-3H3,(H,26,31). The maximum Gasteiger partial charge on any atom is 0.293 e. The Morgan fingerprint density at radius 1 is 1.03 bits per heavy atom. The molecule has 8 nitrogen and oxygen atoms in total. The van der Waals surface area contributed by atoms with Crippen molar-refractivity contribution in [2.24, 2.45) is 0 Å². The van der Waals surface area contributed by atoms with Gasteiger partial charge in [-0.1, -0.05) is 32.0 Å². The Labute approximate surface area is 184 Å². The number of nitrogens with zero attached hydrogens (tertiary/aromatic N) is 4. The number of carbonyl (C=O) groups excluding carboxylic acids is 2. The van der Waals surface area contributed by atoms with Gasteiger partial charge >= 0.3 is 0 Å². The first kappa shape index (κ1) is 21.2. The number of hydrogen-bond acceptors (Lipinski definition) is 5. The Hall–Kier alpha value is -4.07. The molecule has 8 heteroatoms. The number of Topliss-reactive ketones (excluding diaryl/α,β-unsaturated/α-hetero) is 1. The first-order valence-corrected chi connectivity index (χ1v) is 10.3. The second-order valence-electron chi connectivity index (χ2n) is 7.84. The summed E-state index contributed by atoms with van der Waals surface area (Å²) < 4.78 is 2.76. The molecule has 0 atom stereocenters. The highest BCUT2D eigenvalue weighted by molar-refractivity contribution is 5.95. The predicted octanol–water partition coefficient (Wildman–Crippen LogP) is 3.55. The van der Waals surface area contributed by atoms with E-state index in [1.54, 1.807) is 35.1 Å². The monoisotopic (exact) mass is 429 g/mol. The van der Waals surface area contributed by atoms with E-state index < -0.39 is 11.5 Å². The maximum absolute atomic E-state index is 13.3. The van der Waals surface area contributed by atoms with Crippen LogP contribution < -0.4 is 10.9 Å². The van der Waals surface area contributed by atoms with E-state index >= 15 is 0 Å². The molecule has 0 saturated heterocycles. The minimum atomic E-state index is -0.396. The molecule has 32 heavy (non-hydrogen) atoms. The van der Waals surface area contributed by atoms with Crippen molar-refractivity contribution in [3.05, 3.63) is 82.4 Å². The first-order chi connectivity index (χ1) is 15.3. The van der Waals surface area contributed by atoms with Crippen molar-refractivity contribution < 1.29 is 9.59 Å². The van der Waals surface area contributed by atoms with Gasteiger partial charge in [-0.05, 0) is 49.2 Å². The summed E-state index contributed by atoms with van der Waals surface area (Å²) in [6.07, 6.45) is 1.65. The molecule has 2 heterocycles. The Bertz CT molecular complexity index is 1350. The number of carbonyl (C=O) groups is 2. The highest BCUT2D eigenvalue weighted by Crippen LogP contribution is 2.23. The zero-order valence-electron chi connectivity index (χ0n) is 18.1. The lowest BCUT2D eigenvalue weighted by Gasteiger charge is -2.12. The number of fused-ring (bicyclic) bond motifs is 1. The Balaban J connectivity index is 1.70. The molecular weight excluding hydrogens is 406 g/mol. The van der Waals surface area contributed by atoms with E-state index in [0.717, 1.165) is 5.69 Å². The van der Waals surface area contributed by atoms with Crippen molar-refractivity contribution in [2.45, 2.75) is 33.2 Å². The van der Waals surface area contributed by atoms with Crippen molar-refractivity contribution in [3.8, 4) is 5.69 Å². The van der Waals surface area contributed by atoms with Gasteiger partial charge in [-0.25, -0.2) is 9.36 Å². The predicted molar refractivity (Wildman–Crippen MR) is 122 cm³/mol. The number of benzene rings is 2. The Morgan fingerprint density at radius 3 is 2.34 bits per heavy atom. The number of amides is 1. The maximum atomic E-state index is 13.3. The van der Waals surface area contributed by atoms with Crippen LogP contribution in [0.2, 0.25) is 0 Å². The second-order valence-corrected chi connectivity index (χ2v) is 7.84. The highest BCUT2D eigenvalue weighted by Gasteiger charge is 2.20. The molecule has 0 spiro atoms. The van der Waals surface area contributed by atoms with Crippen LogP contribution in [0.1, 0.15) is 42.7 Å². The quantitative estimate of drug-likeness (QED) is 0.473. The van der Waals surface area contributed by atoms with Crippen LogP contribution >= 0.6 is 0 Å². The minimum Gasteiger partial charge on any atom is -0.324 e. The molecule has 0 unspecified atom stereocenters. The summed E-state index contributed by atoms with van der Waals surface area (Å²) >= 11 is 0. The number of rotatable bonds is 6. The van der Waals surface area contributed by atoms with E-state index in [1.165, 1.54) is 11.6 Å². The van der Waals surface area contributed by atoms with E-state index in [0.29, 0.717) is 27.8 Å². The van der Waals surface area contributed by atoms with Crippen molar-refractivity contribution in [3.63, 3.8) is 0 Å². The van der Waals surface area contributed by atoms with Gasteiger partial charge in [-0.15, -0.1) is 0 Å². The van der Waals surface area contributed by atoms with Crippen molar-refractivity contribution >= 4 is 28.3 Å². The van der Waals surface area contributed by atoms with Crippen molar-refractivity contribution in [1.82, 2.24) is 19.6 Å². The van der Waals surface area contributed by atoms with E-state index in [2.05, 4.69) is 15.5 Å². The van der Waals surface area contributed by atoms with Gasteiger partial charge in [0, 0.05) is 16.6 Å². The van der Waals surface area contributed by atoms with E-state index in [4.69, 9.17) is 0 Å². The number of para-hydroxylation sites is 1. The molecule has 0 saturated carbocycles. The molecule has 1 N–H and O–H groups in total. The van der Waals surface area contributed by atoms with Gasteiger partial charge in [0.2, 0.25) is 5.91 Å². The van der Waals surface area contributed by atoms with Crippen LogP contribution in [0.5, 0.6) is 0 Å². The van der Waals surface area contributed by atoms with Crippen molar-refractivity contribution in [2.75, 3.05) is 5.32 Å².